The summed E-state index contributed by atoms with van der Waals surface area (Å²) in [7, 11) is 1.56. The molecule has 0 saturated heterocycles. The van der Waals surface area contributed by atoms with Gasteiger partial charge in [-0.15, -0.1) is 0 Å². The van der Waals surface area contributed by atoms with E-state index >= 15 is 0 Å². The van der Waals surface area contributed by atoms with E-state index in [0.29, 0.717) is 44.8 Å². The molecule has 2 aromatic rings. The molecule has 0 aliphatic carbocycles. The first kappa shape index (κ1) is 28.5. The first-order valence-corrected chi connectivity index (χ1v) is 12.5. The van der Waals surface area contributed by atoms with E-state index in [1.807, 2.05) is 19.9 Å². The monoisotopic (exact) mass is 540 g/mol. The van der Waals surface area contributed by atoms with Crippen molar-refractivity contribution < 1.29 is 28.5 Å². The Balaban J connectivity index is 1.68. The lowest BCUT2D eigenvalue weighted by molar-refractivity contribution is -0.139. The Kier molecular flexibility index (Phi) is 10.1. The van der Waals surface area contributed by atoms with Crippen molar-refractivity contribution in [3.05, 3.63) is 64.9 Å². The van der Waals surface area contributed by atoms with Crippen molar-refractivity contribution in [2.45, 2.75) is 39.8 Å². The molecule has 1 aliphatic heterocycles. The molecule has 1 atom stereocenters. The molecular weight excluding hydrogens is 508 g/mol. The van der Waals surface area contributed by atoms with E-state index in [2.05, 4.69) is 21.2 Å². The number of methoxy groups -OCH3 is 1. The predicted molar refractivity (Wildman–Crippen MR) is 147 cm³/mol. The van der Waals surface area contributed by atoms with Crippen LogP contribution in [-0.4, -0.2) is 49.6 Å². The Morgan fingerprint density at radius 3 is 2.63 bits per heavy atom. The zero-order valence-electron chi connectivity index (χ0n) is 22.0. The normalized spacial score (nSPS) is 15.1. The number of hydrazone groups is 1. The topological polar surface area (TPSA) is 120 Å². The SMILES string of the molecule is CCOC(=O)C1=C(C)NC(=S)N[C@@H]1c1ccccc1OCC(=O)NN=Cc1ccc(OC(C)C)c(OC)c1. The van der Waals surface area contributed by atoms with Gasteiger partial charge in [-0.25, -0.2) is 10.2 Å². The number of allylic oxidation sites excluding steroid dienone is 1. The standard InChI is InChI=1S/C27H32N4O6S/c1-6-35-26(33)24-17(4)29-27(38)30-25(24)19-9-7-8-10-20(19)36-15-23(32)31-28-14-18-11-12-21(37-16(2)3)22(13-18)34-5/h7-14,16,25H,6,15H2,1-5H3,(H,31,32)(H2,29,30,38)/t25-/m1/s1. The molecule has 3 N–H and O–H groups in total. The zero-order valence-corrected chi connectivity index (χ0v) is 22.8. The summed E-state index contributed by atoms with van der Waals surface area (Å²) in [5.41, 5.74) is 4.75. The fourth-order valence-electron chi connectivity index (χ4n) is 3.73. The molecule has 11 heteroatoms. The van der Waals surface area contributed by atoms with Crippen LogP contribution < -0.4 is 30.3 Å². The van der Waals surface area contributed by atoms with Gasteiger partial charge in [-0.2, -0.15) is 5.10 Å². The van der Waals surface area contributed by atoms with Crippen molar-refractivity contribution in [3.8, 4) is 17.2 Å². The number of ether oxygens (including phenoxy) is 4. The van der Waals surface area contributed by atoms with Gasteiger partial charge in [0.25, 0.3) is 5.91 Å². The zero-order chi connectivity index (χ0) is 27.7. The summed E-state index contributed by atoms with van der Waals surface area (Å²) in [6.45, 7) is 7.28. The molecule has 1 heterocycles. The molecule has 1 amide bonds. The second-order valence-corrected chi connectivity index (χ2v) is 8.90. The van der Waals surface area contributed by atoms with Crippen molar-refractivity contribution in [1.29, 1.82) is 0 Å². The number of rotatable bonds is 11. The third-order valence-electron chi connectivity index (χ3n) is 5.31. The molecule has 0 bridgehead atoms. The molecule has 0 saturated carbocycles. The number of amides is 1. The number of esters is 1. The molecule has 10 nitrogen and oxygen atoms in total. The highest BCUT2D eigenvalue weighted by Crippen LogP contribution is 2.33. The smallest absolute Gasteiger partial charge is 0.338 e. The maximum atomic E-state index is 12.7. The summed E-state index contributed by atoms with van der Waals surface area (Å²) < 4.78 is 22.1. The number of carbonyl (C=O) groups is 2. The van der Waals surface area contributed by atoms with E-state index in [-0.39, 0.29) is 19.3 Å². The fourth-order valence-corrected chi connectivity index (χ4v) is 4.00. The quantitative estimate of drug-likeness (QED) is 0.171. The van der Waals surface area contributed by atoms with Crippen molar-refractivity contribution in [2.75, 3.05) is 20.3 Å². The van der Waals surface area contributed by atoms with Gasteiger partial charge in [-0.1, -0.05) is 18.2 Å². The largest absolute Gasteiger partial charge is 0.493 e. The molecule has 0 radical (unpaired) electrons. The minimum atomic E-state index is -0.613. The minimum Gasteiger partial charge on any atom is -0.493 e. The summed E-state index contributed by atoms with van der Waals surface area (Å²) >= 11 is 5.30. The van der Waals surface area contributed by atoms with Gasteiger partial charge in [0.05, 0.1) is 37.7 Å². The van der Waals surface area contributed by atoms with E-state index < -0.39 is 17.9 Å². The predicted octanol–water partition coefficient (Wildman–Crippen LogP) is 3.37. The van der Waals surface area contributed by atoms with Crippen LogP contribution in [0.1, 0.15) is 44.9 Å². The van der Waals surface area contributed by atoms with Crippen molar-refractivity contribution in [1.82, 2.24) is 16.1 Å². The molecule has 0 spiro atoms. The van der Waals surface area contributed by atoms with Crippen molar-refractivity contribution in [3.63, 3.8) is 0 Å². The van der Waals surface area contributed by atoms with Gasteiger partial charge in [0.2, 0.25) is 0 Å². The number of para-hydroxylation sites is 1. The van der Waals surface area contributed by atoms with E-state index in [1.54, 1.807) is 57.4 Å². The number of hydrogen-bond acceptors (Lipinski definition) is 8. The number of hydrogen-bond donors (Lipinski definition) is 3. The average Bonchev–Trinajstić information content (AvgIpc) is 2.87. The lowest BCUT2D eigenvalue weighted by Crippen LogP contribution is -2.45. The summed E-state index contributed by atoms with van der Waals surface area (Å²) in [6.07, 6.45) is 1.50. The average molecular weight is 541 g/mol. The van der Waals surface area contributed by atoms with Crippen LogP contribution in [0.25, 0.3) is 0 Å². The van der Waals surface area contributed by atoms with Crippen LogP contribution in [0, 0.1) is 0 Å². The van der Waals surface area contributed by atoms with E-state index in [0.717, 1.165) is 0 Å². The van der Waals surface area contributed by atoms with E-state index in [1.165, 1.54) is 6.21 Å². The van der Waals surface area contributed by atoms with Crippen LogP contribution in [0.2, 0.25) is 0 Å². The lowest BCUT2D eigenvalue weighted by Gasteiger charge is -2.30. The van der Waals surface area contributed by atoms with Gasteiger partial charge in [-0.3, -0.25) is 4.79 Å². The van der Waals surface area contributed by atoms with Crippen LogP contribution in [0.3, 0.4) is 0 Å². The third-order valence-corrected chi connectivity index (χ3v) is 5.53. The highest BCUT2D eigenvalue weighted by Gasteiger charge is 2.32. The number of nitrogens with zero attached hydrogens (tertiary/aromatic N) is 1. The van der Waals surface area contributed by atoms with Crippen LogP contribution in [0.15, 0.2) is 58.8 Å². The molecular formula is C27H32N4O6S. The van der Waals surface area contributed by atoms with Crippen LogP contribution in [0.5, 0.6) is 17.2 Å². The Morgan fingerprint density at radius 2 is 1.92 bits per heavy atom. The molecule has 0 fully saturated rings. The van der Waals surface area contributed by atoms with Gasteiger partial charge in [0, 0.05) is 11.3 Å². The number of nitrogens with one attached hydrogen (secondary N) is 3. The van der Waals surface area contributed by atoms with Crippen LogP contribution in [-0.2, 0) is 14.3 Å². The Morgan fingerprint density at radius 1 is 1.16 bits per heavy atom. The minimum absolute atomic E-state index is 0.00629. The first-order chi connectivity index (χ1) is 18.2. The third kappa shape index (κ3) is 7.45. The highest BCUT2D eigenvalue weighted by atomic mass is 32.1. The molecule has 2 aromatic carbocycles. The Labute approximate surface area is 227 Å². The molecule has 38 heavy (non-hydrogen) atoms. The van der Waals surface area contributed by atoms with Crippen LogP contribution in [0.4, 0.5) is 0 Å². The van der Waals surface area contributed by atoms with Crippen molar-refractivity contribution in [2.24, 2.45) is 5.10 Å². The number of carbonyl (C=O) groups excluding carboxylic acids is 2. The molecule has 3 rings (SSSR count). The summed E-state index contributed by atoms with van der Waals surface area (Å²) in [5.74, 6) is 0.657. The molecule has 202 valence electrons. The van der Waals surface area contributed by atoms with Gasteiger partial charge in [0.15, 0.2) is 23.2 Å². The Hall–Kier alpha value is -4.12. The summed E-state index contributed by atoms with van der Waals surface area (Å²) in [5, 5.41) is 10.4. The second-order valence-electron chi connectivity index (χ2n) is 8.49. The van der Waals surface area contributed by atoms with E-state index in [9.17, 15) is 9.59 Å². The van der Waals surface area contributed by atoms with Gasteiger partial charge >= 0.3 is 5.97 Å². The van der Waals surface area contributed by atoms with E-state index in [4.69, 9.17) is 31.2 Å². The molecule has 0 aromatic heterocycles. The van der Waals surface area contributed by atoms with Gasteiger partial charge in [-0.05, 0) is 69.7 Å². The number of thiocarbonyl (C=S) groups is 1. The fraction of sp³-hybridized carbons (Fsp3) is 0.333. The molecule has 1 aliphatic rings. The lowest BCUT2D eigenvalue weighted by atomic mass is 9.95. The van der Waals surface area contributed by atoms with Gasteiger partial charge in [0.1, 0.15) is 5.75 Å². The maximum Gasteiger partial charge on any atom is 0.338 e. The van der Waals surface area contributed by atoms with Gasteiger partial charge < -0.3 is 29.6 Å². The number of benzene rings is 2. The Bertz CT molecular complexity index is 1240. The highest BCUT2D eigenvalue weighted by molar-refractivity contribution is 7.80. The second kappa shape index (κ2) is 13.4. The first-order valence-electron chi connectivity index (χ1n) is 12.1. The summed E-state index contributed by atoms with van der Waals surface area (Å²) in [4.78, 5) is 25.1. The maximum absolute atomic E-state index is 12.7. The summed E-state index contributed by atoms with van der Waals surface area (Å²) in [6, 6.07) is 11.8. The molecule has 0 unspecified atom stereocenters. The van der Waals surface area contributed by atoms with Crippen LogP contribution >= 0.6 is 12.2 Å². The van der Waals surface area contributed by atoms with Crippen molar-refractivity contribution >= 4 is 35.4 Å².